The first-order valence-corrected chi connectivity index (χ1v) is 13.1. The Kier molecular flexibility index (Phi) is 9.73. The van der Waals surface area contributed by atoms with Crippen LogP contribution in [-0.4, -0.2) is 58.6 Å². The lowest BCUT2D eigenvalue weighted by molar-refractivity contribution is -0.126. The molecule has 10 heteroatoms. The van der Waals surface area contributed by atoms with E-state index in [1.165, 1.54) is 4.90 Å². The molecule has 39 heavy (non-hydrogen) atoms. The van der Waals surface area contributed by atoms with Gasteiger partial charge in [0.15, 0.2) is 0 Å². The Morgan fingerprint density at radius 1 is 1.21 bits per heavy atom. The van der Waals surface area contributed by atoms with Gasteiger partial charge in [0, 0.05) is 31.7 Å². The number of anilines is 3. The molecule has 0 spiro atoms. The third kappa shape index (κ3) is 8.61. The lowest BCUT2D eigenvalue weighted by Gasteiger charge is -2.31. The molecular weight excluding hydrogens is 494 g/mol. The van der Waals surface area contributed by atoms with Crippen molar-refractivity contribution in [3.63, 3.8) is 0 Å². The molecule has 0 unspecified atom stereocenters. The van der Waals surface area contributed by atoms with Crippen LogP contribution in [0.25, 0.3) is 0 Å². The van der Waals surface area contributed by atoms with E-state index in [2.05, 4.69) is 43.8 Å². The molecule has 1 aliphatic rings. The smallest absolute Gasteiger partial charge is 0.410 e. The van der Waals surface area contributed by atoms with Gasteiger partial charge in [-0.25, -0.2) is 9.78 Å². The summed E-state index contributed by atoms with van der Waals surface area (Å²) < 4.78 is 5.38. The Labute approximate surface area is 230 Å². The molecule has 3 rings (SSSR count). The van der Waals surface area contributed by atoms with Gasteiger partial charge < -0.3 is 20.7 Å². The van der Waals surface area contributed by atoms with E-state index in [0.29, 0.717) is 22.9 Å². The SMILES string of the molecule is CNc1nc(Nc2ccc(C#N)cc2)ncc1C#C[C@@H]1CCC[C@H](NC(=O)[C@H](C)N(C)C(=O)OC(C)(C)C)C1. The first kappa shape index (κ1) is 29.2. The quantitative estimate of drug-likeness (QED) is 0.467. The summed E-state index contributed by atoms with van der Waals surface area (Å²) in [7, 11) is 3.35. The molecule has 1 saturated carbocycles. The maximum Gasteiger partial charge on any atom is 0.410 e. The van der Waals surface area contributed by atoms with E-state index in [1.807, 2.05) is 0 Å². The van der Waals surface area contributed by atoms with Gasteiger partial charge in [-0.15, -0.1) is 0 Å². The largest absolute Gasteiger partial charge is 0.444 e. The maximum absolute atomic E-state index is 12.8. The van der Waals surface area contributed by atoms with Crippen LogP contribution < -0.4 is 16.0 Å². The first-order valence-electron chi connectivity index (χ1n) is 13.1. The number of rotatable bonds is 6. The number of hydrogen-bond donors (Lipinski definition) is 3. The molecule has 0 radical (unpaired) electrons. The highest BCUT2D eigenvalue weighted by Crippen LogP contribution is 2.25. The van der Waals surface area contributed by atoms with Crippen LogP contribution >= 0.6 is 0 Å². The molecule has 0 bridgehead atoms. The molecule has 1 aromatic carbocycles. The van der Waals surface area contributed by atoms with E-state index in [4.69, 9.17) is 10.00 Å². The van der Waals surface area contributed by atoms with Crippen LogP contribution in [0, 0.1) is 29.1 Å². The highest BCUT2D eigenvalue weighted by atomic mass is 16.6. The number of hydrogen-bond acceptors (Lipinski definition) is 8. The van der Waals surface area contributed by atoms with Crippen molar-refractivity contribution in [2.75, 3.05) is 24.7 Å². The van der Waals surface area contributed by atoms with E-state index in [1.54, 1.807) is 72.3 Å². The number of amides is 2. The molecule has 1 aliphatic carbocycles. The molecule has 2 aromatic rings. The monoisotopic (exact) mass is 531 g/mol. The van der Waals surface area contributed by atoms with E-state index < -0.39 is 17.7 Å². The molecule has 3 N–H and O–H groups in total. The van der Waals surface area contributed by atoms with Gasteiger partial charge in [0.1, 0.15) is 17.5 Å². The van der Waals surface area contributed by atoms with Gasteiger partial charge in [-0.05, 0) is 71.2 Å². The standard InChI is InChI=1S/C29H37N7O3/c1-19(36(6)28(38)39-29(2,3)4)26(37)33-24-9-7-8-20(16-24)10-13-22-18-32-27(35-25(22)31-5)34-23-14-11-21(17-30)12-15-23/h11-12,14-15,18-20,24H,7-9,16H2,1-6H3,(H,33,37)(H2,31,32,34,35)/t19-,20-,24-/m0/s1. The van der Waals surface area contributed by atoms with Crippen molar-refractivity contribution in [3.8, 4) is 17.9 Å². The molecule has 2 amide bonds. The number of carbonyl (C=O) groups is 2. The first-order chi connectivity index (χ1) is 18.5. The number of nitrogens with one attached hydrogen (secondary N) is 3. The number of aromatic nitrogens is 2. The molecule has 206 valence electrons. The summed E-state index contributed by atoms with van der Waals surface area (Å²) in [4.78, 5) is 35.4. The second-order valence-corrected chi connectivity index (χ2v) is 10.6. The van der Waals surface area contributed by atoms with Crippen molar-refractivity contribution in [2.45, 2.75) is 71.1 Å². The van der Waals surface area contributed by atoms with Crippen LogP contribution in [0.2, 0.25) is 0 Å². The van der Waals surface area contributed by atoms with Crippen LogP contribution in [0.4, 0.5) is 22.2 Å². The van der Waals surface area contributed by atoms with Crippen molar-refractivity contribution in [1.29, 1.82) is 5.26 Å². The van der Waals surface area contributed by atoms with Crippen LogP contribution in [-0.2, 0) is 9.53 Å². The Hall–Kier alpha value is -4.31. The highest BCUT2D eigenvalue weighted by Gasteiger charge is 2.29. The minimum Gasteiger partial charge on any atom is -0.444 e. The molecule has 0 saturated heterocycles. The summed E-state index contributed by atoms with van der Waals surface area (Å²) in [5.41, 5.74) is 1.41. The van der Waals surface area contributed by atoms with Crippen molar-refractivity contribution >= 4 is 29.5 Å². The predicted octanol–water partition coefficient (Wildman–Crippen LogP) is 4.42. The number of benzene rings is 1. The van der Waals surface area contributed by atoms with Gasteiger partial charge in [0.05, 0.1) is 23.4 Å². The van der Waals surface area contributed by atoms with Gasteiger partial charge >= 0.3 is 6.09 Å². The van der Waals surface area contributed by atoms with Crippen LogP contribution in [0.1, 0.15) is 64.5 Å². The summed E-state index contributed by atoms with van der Waals surface area (Å²) in [6.07, 6.45) is 4.64. The zero-order valence-electron chi connectivity index (χ0n) is 23.5. The fourth-order valence-electron chi connectivity index (χ4n) is 4.10. The van der Waals surface area contributed by atoms with Gasteiger partial charge in [0.2, 0.25) is 11.9 Å². The summed E-state index contributed by atoms with van der Waals surface area (Å²) in [5.74, 6) is 7.47. The molecule has 1 aromatic heterocycles. The minimum absolute atomic E-state index is 0.0148. The van der Waals surface area contributed by atoms with Gasteiger partial charge in [-0.1, -0.05) is 18.3 Å². The molecular formula is C29H37N7O3. The van der Waals surface area contributed by atoms with Gasteiger partial charge in [-0.3, -0.25) is 9.69 Å². The Morgan fingerprint density at radius 2 is 1.92 bits per heavy atom. The Balaban J connectivity index is 1.60. The minimum atomic E-state index is -0.655. The number of carbonyl (C=O) groups excluding carboxylic acids is 2. The number of nitriles is 1. The van der Waals surface area contributed by atoms with Crippen molar-refractivity contribution < 1.29 is 14.3 Å². The van der Waals surface area contributed by atoms with Crippen molar-refractivity contribution in [1.82, 2.24) is 20.2 Å². The number of likely N-dealkylation sites (N-methyl/N-ethyl adjacent to an activating group) is 1. The lowest BCUT2D eigenvalue weighted by Crippen LogP contribution is -2.50. The average Bonchev–Trinajstić information content (AvgIpc) is 2.91. The second-order valence-electron chi connectivity index (χ2n) is 10.6. The van der Waals surface area contributed by atoms with E-state index in [-0.39, 0.29) is 17.9 Å². The zero-order valence-corrected chi connectivity index (χ0v) is 23.5. The Morgan fingerprint density at radius 3 is 2.56 bits per heavy atom. The molecule has 10 nitrogen and oxygen atoms in total. The molecule has 0 aliphatic heterocycles. The number of nitrogens with zero attached hydrogens (tertiary/aromatic N) is 4. The zero-order chi connectivity index (χ0) is 28.6. The molecule has 1 fully saturated rings. The normalized spacial score (nSPS) is 17.5. The third-order valence-electron chi connectivity index (χ3n) is 6.37. The van der Waals surface area contributed by atoms with Gasteiger partial charge in [-0.2, -0.15) is 10.2 Å². The Bertz CT molecular complexity index is 1270. The average molecular weight is 532 g/mol. The maximum atomic E-state index is 12.8. The fourth-order valence-corrected chi connectivity index (χ4v) is 4.10. The van der Waals surface area contributed by atoms with Crippen LogP contribution in [0.5, 0.6) is 0 Å². The summed E-state index contributed by atoms with van der Waals surface area (Å²) >= 11 is 0. The topological polar surface area (TPSA) is 132 Å². The van der Waals surface area contributed by atoms with Crippen LogP contribution in [0.3, 0.4) is 0 Å². The molecule has 3 atom stereocenters. The molecule has 1 heterocycles. The second kappa shape index (κ2) is 13.0. The summed E-state index contributed by atoms with van der Waals surface area (Å²) in [6, 6.07) is 8.46. The van der Waals surface area contributed by atoms with E-state index >= 15 is 0 Å². The van der Waals surface area contributed by atoms with Gasteiger partial charge in [0.25, 0.3) is 0 Å². The van der Waals surface area contributed by atoms with Crippen molar-refractivity contribution in [3.05, 3.63) is 41.6 Å². The summed E-state index contributed by atoms with van der Waals surface area (Å²) in [5, 5.41) is 18.2. The summed E-state index contributed by atoms with van der Waals surface area (Å²) in [6.45, 7) is 7.07. The predicted molar refractivity (Wildman–Crippen MR) is 150 cm³/mol. The number of ether oxygens (including phenoxy) is 1. The third-order valence-corrected chi connectivity index (χ3v) is 6.37. The lowest BCUT2D eigenvalue weighted by atomic mass is 9.86. The fraction of sp³-hybridized carbons (Fsp3) is 0.483. The van der Waals surface area contributed by atoms with Crippen LogP contribution in [0.15, 0.2) is 30.5 Å². The van der Waals surface area contributed by atoms with E-state index in [0.717, 1.165) is 31.4 Å². The van der Waals surface area contributed by atoms with Crippen molar-refractivity contribution in [2.24, 2.45) is 5.92 Å². The van der Waals surface area contributed by atoms with E-state index in [9.17, 15) is 9.59 Å². The highest BCUT2D eigenvalue weighted by molar-refractivity contribution is 5.85.